The van der Waals surface area contributed by atoms with Gasteiger partial charge in [-0.25, -0.2) is 4.39 Å². The van der Waals surface area contributed by atoms with Gasteiger partial charge in [-0.1, -0.05) is 0 Å². The van der Waals surface area contributed by atoms with Crippen molar-refractivity contribution in [2.45, 2.75) is 0 Å². The first-order valence-corrected chi connectivity index (χ1v) is 6.78. The van der Waals surface area contributed by atoms with E-state index in [1.807, 2.05) is 0 Å². The summed E-state index contributed by atoms with van der Waals surface area (Å²) in [5.41, 5.74) is 5.56. The predicted octanol–water partition coefficient (Wildman–Crippen LogP) is 4.24. The van der Waals surface area contributed by atoms with Gasteiger partial charge in [0.25, 0.3) is 0 Å². The molecule has 0 aliphatic rings. The van der Waals surface area contributed by atoms with Crippen LogP contribution in [0.1, 0.15) is 10.4 Å². The molecule has 0 fully saturated rings. The van der Waals surface area contributed by atoms with Crippen LogP contribution in [-0.4, -0.2) is 5.91 Å². The van der Waals surface area contributed by atoms with Crippen LogP contribution in [0.3, 0.4) is 0 Å². The first-order valence-electron chi connectivity index (χ1n) is 5.19. The first kappa shape index (κ1) is 14.0. The lowest BCUT2D eigenvalue weighted by Gasteiger charge is -2.08. The number of rotatable bonds is 3. The van der Waals surface area contributed by atoms with Crippen molar-refractivity contribution in [3.05, 3.63) is 56.7 Å². The molecule has 3 nitrogen and oxygen atoms in total. The number of primary amides is 1. The van der Waals surface area contributed by atoms with Gasteiger partial charge in [-0.05, 0) is 68.3 Å². The fraction of sp³-hybridized carbons (Fsp3) is 0. The molecule has 6 heteroatoms. The van der Waals surface area contributed by atoms with Crippen molar-refractivity contribution in [1.29, 1.82) is 0 Å². The van der Waals surface area contributed by atoms with Crippen LogP contribution in [-0.2, 0) is 0 Å². The van der Waals surface area contributed by atoms with Gasteiger partial charge in [-0.2, -0.15) is 0 Å². The zero-order valence-corrected chi connectivity index (χ0v) is 12.7. The smallest absolute Gasteiger partial charge is 0.249 e. The zero-order valence-electron chi connectivity index (χ0n) is 9.49. The van der Waals surface area contributed by atoms with E-state index in [2.05, 4.69) is 31.9 Å². The summed E-state index contributed by atoms with van der Waals surface area (Å²) in [6.45, 7) is 0. The minimum atomic E-state index is -0.525. The number of benzene rings is 2. The average molecular weight is 389 g/mol. The predicted molar refractivity (Wildman–Crippen MR) is 76.8 cm³/mol. The molecular formula is C13H8Br2FNO2. The van der Waals surface area contributed by atoms with E-state index in [4.69, 9.17) is 10.5 Å². The Morgan fingerprint density at radius 1 is 1.05 bits per heavy atom. The molecule has 0 aromatic heterocycles. The second-order valence-electron chi connectivity index (χ2n) is 3.68. The number of hydrogen-bond acceptors (Lipinski definition) is 2. The summed E-state index contributed by atoms with van der Waals surface area (Å²) in [4.78, 5) is 11.1. The van der Waals surface area contributed by atoms with Crippen LogP contribution in [0.5, 0.6) is 11.5 Å². The molecule has 0 saturated heterocycles. The van der Waals surface area contributed by atoms with Crippen molar-refractivity contribution in [2.24, 2.45) is 5.73 Å². The molecule has 0 aliphatic carbocycles. The van der Waals surface area contributed by atoms with Crippen molar-refractivity contribution >= 4 is 37.8 Å². The molecule has 0 unspecified atom stereocenters. The molecular weight excluding hydrogens is 381 g/mol. The summed E-state index contributed by atoms with van der Waals surface area (Å²) < 4.78 is 19.5. The Bertz CT molecular complexity index is 647. The normalized spacial score (nSPS) is 10.3. The van der Waals surface area contributed by atoms with Crippen LogP contribution in [0.25, 0.3) is 0 Å². The minimum absolute atomic E-state index is 0.317. The fourth-order valence-electron chi connectivity index (χ4n) is 1.44. The van der Waals surface area contributed by atoms with E-state index < -0.39 is 5.91 Å². The Labute approximate surface area is 125 Å². The molecule has 0 atom stereocenters. The third-order valence-corrected chi connectivity index (χ3v) is 3.60. The summed E-state index contributed by atoms with van der Waals surface area (Å²) in [5, 5.41) is 0. The SMILES string of the molecule is NC(=O)c1ccc(Oc2ccc(F)c(Br)c2)cc1Br. The van der Waals surface area contributed by atoms with E-state index in [9.17, 15) is 9.18 Å². The lowest BCUT2D eigenvalue weighted by Crippen LogP contribution is -2.11. The van der Waals surface area contributed by atoms with Crippen LogP contribution >= 0.6 is 31.9 Å². The highest BCUT2D eigenvalue weighted by Crippen LogP contribution is 2.29. The maximum absolute atomic E-state index is 13.1. The molecule has 2 aromatic rings. The molecule has 98 valence electrons. The molecule has 0 saturated carbocycles. The first-order chi connectivity index (χ1) is 8.97. The minimum Gasteiger partial charge on any atom is -0.457 e. The van der Waals surface area contributed by atoms with Crippen LogP contribution in [0.15, 0.2) is 45.3 Å². The summed E-state index contributed by atoms with van der Waals surface area (Å²) in [7, 11) is 0. The number of carbonyl (C=O) groups is 1. The van der Waals surface area contributed by atoms with Gasteiger partial charge >= 0.3 is 0 Å². The van der Waals surface area contributed by atoms with Gasteiger partial charge in [0.05, 0.1) is 10.0 Å². The van der Waals surface area contributed by atoms with Crippen LogP contribution in [0, 0.1) is 5.82 Å². The molecule has 1 amide bonds. The second kappa shape index (κ2) is 5.71. The summed E-state index contributed by atoms with van der Waals surface area (Å²) in [6.07, 6.45) is 0. The monoisotopic (exact) mass is 387 g/mol. The number of ether oxygens (including phenoxy) is 1. The molecule has 0 aliphatic heterocycles. The summed E-state index contributed by atoms with van der Waals surface area (Å²) >= 11 is 6.32. The Morgan fingerprint density at radius 2 is 1.63 bits per heavy atom. The lowest BCUT2D eigenvalue weighted by molar-refractivity contribution is 0.0999. The van der Waals surface area contributed by atoms with Gasteiger partial charge in [-0.15, -0.1) is 0 Å². The number of halogens is 3. The maximum Gasteiger partial charge on any atom is 0.249 e. The van der Waals surface area contributed by atoms with E-state index in [1.165, 1.54) is 18.2 Å². The maximum atomic E-state index is 13.1. The third-order valence-electron chi connectivity index (χ3n) is 2.33. The number of hydrogen-bond donors (Lipinski definition) is 1. The van der Waals surface area contributed by atoms with Gasteiger partial charge in [0, 0.05) is 4.47 Å². The molecule has 0 spiro atoms. The highest BCUT2D eigenvalue weighted by Gasteiger charge is 2.08. The van der Waals surface area contributed by atoms with Crippen molar-refractivity contribution in [1.82, 2.24) is 0 Å². The van der Waals surface area contributed by atoms with E-state index in [0.29, 0.717) is 26.0 Å². The Kier molecular flexibility index (Phi) is 4.21. The molecule has 2 N–H and O–H groups in total. The third kappa shape index (κ3) is 3.33. The molecule has 2 rings (SSSR count). The van der Waals surface area contributed by atoms with Crippen LogP contribution in [0.4, 0.5) is 4.39 Å². The van der Waals surface area contributed by atoms with Crippen molar-refractivity contribution in [2.75, 3.05) is 0 Å². The van der Waals surface area contributed by atoms with Gasteiger partial charge in [0.2, 0.25) is 5.91 Å². The van der Waals surface area contributed by atoms with E-state index in [0.717, 1.165) is 0 Å². The number of carbonyl (C=O) groups excluding carboxylic acids is 1. The van der Waals surface area contributed by atoms with Gasteiger partial charge < -0.3 is 10.5 Å². The van der Waals surface area contributed by atoms with Gasteiger partial charge in [0.15, 0.2) is 0 Å². The Hall–Kier alpha value is -1.40. The average Bonchev–Trinajstić information content (AvgIpc) is 2.33. The number of amides is 1. The fourth-order valence-corrected chi connectivity index (χ4v) is 2.35. The highest BCUT2D eigenvalue weighted by atomic mass is 79.9. The Balaban J connectivity index is 2.26. The second-order valence-corrected chi connectivity index (χ2v) is 5.39. The Morgan fingerprint density at radius 3 is 2.16 bits per heavy atom. The topological polar surface area (TPSA) is 52.3 Å². The van der Waals surface area contributed by atoms with Crippen molar-refractivity contribution in [3.8, 4) is 11.5 Å². The van der Waals surface area contributed by atoms with Gasteiger partial charge in [0.1, 0.15) is 17.3 Å². The van der Waals surface area contributed by atoms with E-state index >= 15 is 0 Å². The van der Waals surface area contributed by atoms with Crippen LogP contribution in [0.2, 0.25) is 0 Å². The standard InChI is InChI=1S/C13H8Br2FNO2/c14-10-5-7(1-3-9(10)13(17)18)19-8-2-4-12(16)11(15)6-8/h1-6H,(H2,17,18). The highest BCUT2D eigenvalue weighted by molar-refractivity contribution is 9.10. The van der Waals surface area contributed by atoms with Gasteiger partial charge in [-0.3, -0.25) is 4.79 Å². The number of nitrogens with two attached hydrogens (primary N) is 1. The zero-order chi connectivity index (χ0) is 14.0. The molecule has 0 bridgehead atoms. The van der Waals surface area contributed by atoms with E-state index in [1.54, 1.807) is 18.2 Å². The largest absolute Gasteiger partial charge is 0.457 e. The quantitative estimate of drug-likeness (QED) is 0.854. The van der Waals surface area contributed by atoms with Crippen molar-refractivity contribution < 1.29 is 13.9 Å². The molecule has 0 heterocycles. The molecule has 0 radical (unpaired) electrons. The van der Waals surface area contributed by atoms with E-state index in [-0.39, 0.29) is 5.82 Å². The van der Waals surface area contributed by atoms with Crippen molar-refractivity contribution in [3.63, 3.8) is 0 Å². The summed E-state index contributed by atoms with van der Waals surface area (Å²) in [5.74, 6) is 0.0999. The molecule has 2 aromatic carbocycles. The molecule has 19 heavy (non-hydrogen) atoms. The summed E-state index contributed by atoms with van der Waals surface area (Å²) in [6, 6.07) is 9.12. The van der Waals surface area contributed by atoms with Crippen LogP contribution < -0.4 is 10.5 Å². The lowest BCUT2D eigenvalue weighted by atomic mass is 10.2.